The predicted molar refractivity (Wildman–Crippen MR) is 48.0 cm³/mol. The van der Waals surface area contributed by atoms with E-state index < -0.39 is 17.7 Å². The molecule has 74 valence electrons. The number of hydrogen-bond donors (Lipinski definition) is 2. The van der Waals surface area contributed by atoms with Crippen LogP contribution >= 0.6 is 11.3 Å². The third kappa shape index (κ3) is 1.25. The first-order chi connectivity index (χ1) is 6.59. The van der Waals surface area contributed by atoms with Gasteiger partial charge in [0.2, 0.25) is 0 Å². The molecule has 14 heavy (non-hydrogen) atoms. The predicted octanol–water partition coefficient (Wildman–Crippen LogP) is 1.22. The van der Waals surface area contributed by atoms with E-state index >= 15 is 0 Å². The highest BCUT2D eigenvalue weighted by Gasteiger charge is 2.15. The maximum atomic E-state index is 12.4. The zero-order chi connectivity index (χ0) is 10.3. The van der Waals surface area contributed by atoms with Gasteiger partial charge in [0.1, 0.15) is 4.70 Å². The molecule has 0 aliphatic carbocycles. The molecule has 0 saturated heterocycles. The van der Waals surface area contributed by atoms with Gasteiger partial charge in [0.25, 0.3) is 12.0 Å². The quantitative estimate of drug-likeness (QED) is 0.755. The topological polar surface area (TPSA) is 65.7 Å². The smallest absolute Gasteiger partial charge is 0.306 e. The number of rotatable bonds is 1. The summed E-state index contributed by atoms with van der Waals surface area (Å²) in [6, 6.07) is 0. The van der Waals surface area contributed by atoms with Gasteiger partial charge in [-0.15, -0.1) is 11.3 Å². The van der Waals surface area contributed by atoms with Crippen molar-refractivity contribution in [3.05, 3.63) is 31.8 Å². The van der Waals surface area contributed by atoms with E-state index in [1.165, 1.54) is 5.38 Å². The summed E-state index contributed by atoms with van der Waals surface area (Å²) in [6.07, 6.45) is -2.69. The summed E-state index contributed by atoms with van der Waals surface area (Å²) in [4.78, 5) is 26.1. The van der Waals surface area contributed by atoms with Gasteiger partial charge in [-0.1, -0.05) is 0 Å². The molecule has 0 atom stereocenters. The molecule has 7 heteroatoms. The van der Waals surface area contributed by atoms with Crippen molar-refractivity contribution in [3.8, 4) is 0 Å². The van der Waals surface area contributed by atoms with Gasteiger partial charge >= 0.3 is 5.69 Å². The molecule has 2 N–H and O–H groups in total. The van der Waals surface area contributed by atoms with Gasteiger partial charge in [0.15, 0.2) is 0 Å². The van der Waals surface area contributed by atoms with E-state index in [4.69, 9.17) is 0 Å². The summed E-state index contributed by atoms with van der Waals surface area (Å²) < 4.78 is 24.8. The molecular weight excluding hydrogens is 214 g/mol. The molecular formula is C7H4F2N2O2S. The van der Waals surface area contributed by atoms with E-state index in [-0.39, 0.29) is 15.8 Å². The molecule has 0 unspecified atom stereocenters. The molecule has 0 radical (unpaired) electrons. The Morgan fingerprint density at radius 2 is 2.00 bits per heavy atom. The number of nitrogens with one attached hydrogen (secondary N) is 2. The van der Waals surface area contributed by atoms with Crippen LogP contribution in [0.5, 0.6) is 0 Å². The second-order valence-electron chi connectivity index (χ2n) is 2.60. The van der Waals surface area contributed by atoms with Crippen LogP contribution < -0.4 is 11.2 Å². The third-order valence-corrected chi connectivity index (χ3v) is 2.72. The monoisotopic (exact) mass is 218 g/mol. The zero-order valence-electron chi connectivity index (χ0n) is 6.64. The SMILES string of the molecule is O=c1[nH]c(=O)c2scc(C(F)F)c2[nH]1. The Labute approximate surface area is 79.2 Å². The number of alkyl halides is 2. The van der Waals surface area contributed by atoms with E-state index in [1.54, 1.807) is 0 Å². The molecule has 0 fully saturated rings. The van der Waals surface area contributed by atoms with Crippen molar-refractivity contribution in [1.82, 2.24) is 9.97 Å². The van der Waals surface area contributed by atoms with Gasteiger partial charge in [-0.2, -0.15) is 0 Å². The molecule has 0 aliphatic heterocycles. The van der Waals surface area contributed by atoms with Crippen molar-refractivity contribution in [2.24, 2.45) is 0 Å². The van der Waals surface area contributed by atoms with Gasteiger partial charge in [0.05, 0.1) is 11.1 Å². The number of H-pyrrole nitrogens is 2. The van der Waals surface area contributed by atoms with Crippen LogP contribution in [0.15, 0.2) is 15.0 Å². The van der Waals surface area contributed by atoms with Gasteiger partial charge in [-0.3, -0.25) is 9.78 Å². The Morgan fingerprint density at radius 3 is 2.64 bits per heavy atom. The van der Waals surface area contributed by atoms with Gasteiger partial charge in [-0.25, -0.2) is 13.6 Å². The van der Waals surface area contributed by atoms with Crippen LogP contribution in [-0.4, -0.2) is 9.97 Å². The van der Waals surface area contributed by atoms with Crippen LogP contribution in [0.3, 0.4) is 0 Å². The van der Waals surface area contributed by atoms with Crippen LogP contribution in [0.1, 0.15) is 12.0 Å². The minimum atomic E-state index is -2.69. The molecule has 4 nitrogen and oxygen atoms in total. The van der Waals surface area contributed by atoms with Gasteiger partial charge in [-0.05, 0) is 0 Å². The lowest BCUT2D eigenvalue weighted by Crippen LogP contribution is -2.21. The Hall–Kier alpha value is -1.50. The average molecular weight is 218 g/mol. The highest BCUT2D eigenvalue weighted by Crippen LogP contribution is 2.28. The van der Waals surface area contributed by atoms with E-state index in [9.17, 15) is 18.4 Å². The second kappa shape index (κ2) is 3.02. The van der Waals surface area contributed by atoms with E-state index in [1.807, 2.05) is 4.98 Å². The highest BCUT2D eigenvalue weighted by molar-refractivity contribution is 7.17. The largest absolute Gasteiger partial charge is 0.326 e. The fourth-order valence-electron chi connectivity index (χ4n) is 1.13. The normalized spacial score (nSPS) is 11.4. The molecule has 2 aromatic rings. The van der Waals surface area contributed by atoms with Gasteiger partial charge in [0, 0.05) is 5.38 Å². The van der Waals surface area contributed by atoms with E-state index in [0.717, 1.165) is 11.3 Å². The van der Waals surface area contributed by atoms with Crippen LogP contribution in [0, 0.1) is 0 Å². The van der Waals surface area contributed by atoms with Gasteiger partial charge < -0.3 is 4.98 Å². The summed E-state index contributed by atoms with van der Waals surface area (Å²) in [6.45, 7) is 0. The first-order valence-electron chi connectivity index (χ1n) is 3.61. The minimum absolute atomic E-state index is 0.0706. The third-order valence-electron chi connectivity index (χ3n) is 1.73. The summed E-state index contributed by atoms with van der Waals surface area (Å²) in [5.41, 5.74) is -1.80. The summed E-state index contributed by atoms with van der Waals surface area (Å²) in [7, 11) is 0. The summed E-state index contributed by atoms with van der Waals surface area (Å²) >= 11 is 0.884. The van der Waals surface area contributed by atoms with E-state index in [0.29, 0.717) is 0 Å². The molecule has 2 rings (SSSR count). The highest BCUT2D eigenvalue weighted by atomic mass is 32.1. The van der Waals surface area contributed by atoms with E-state index in [2.05, 4.69) is 4.98 Å². The lowest BCUT2D eigenvalue weighted by molar-refractivity contribution is 0.153. The molecule has 0 aromatic carbocycles. The Kier molecular flexibility index (Phi) is 1.95. The van der Waals surface area contributed by atoms with Crippen molar-refractivity contribution in [3.63, 3.8) is 0 Å². The lowest BCUT2D eigenvalue weighted by Gasteiger charge is -1.94. The van der Waals surface area contributed by atoms with Crippen LogP contribution in [0.25, 0.3) is 10.2 Å². The Morgan fingerprint density at radius 1 is 1.29 bits per heavy atom. The van der Waals surface area contributed by atoms with Crippen molar-refractivity contribution in [2.45, 2.75) is 6.43 Å². The number of aromatic amines is 2. The molecule has 0 bridgehead atoms. The summed E-state index contributed by atoms with van der Waals surface area (Å²) in [5, 5.41) is 1.17. The molecule has 0 spiro atoms. The molecule has 0 amide bonds. The molecule has 2 heterocycles. The molecule has 0 saturated carbocycles. The number of fused-ring (bicyclic) bond motifs is 1. The van der Waals surface area contributed by atoms with Crippen molar-refractivity contribution < 1.29 is 8.78 Å². The van der Waals surface area contributed by atoms with Crippen molar-refractivity contribution in [2.75, 3.05) is 0 Å². The minimum Gasteiger partial charge on any atom is -0.306 e. The van der Waals surface area contributed by atoms with Crippen molar-refractivity contribution >= 4 is 21.6 Å². The maximum Gasteiger partial charge on any atom is 0.326 e. The fraction of sp³-hybridized carbons (Fsp3) is 0.143. The average Bonchev–Trinajstić information content (AvgIpc) is 2.47. The van der Waals surface area contributed by atoms with Crippen LogP contribution in [0.4, 0.5) is 8.78 Å². The number of thiophene rings is 1. The fourth-order valence-corrected chi connectivity index (χ4v) is 2.04. The lowest BCUT2D eigenvalue weighted by atomic mass is 10.3. The maximum absolute atomic E-state index is 12.4. The number of hydrogen-bond acceptors (Lipinski definition) is 3. The van der Waals surface area contributed by atoms with Crippen molar-refractivity contribution in [1.29, 1.82) is 0 Å². The standard InChI is InChI=1S/C7H4F2N2O2S/c8-5(9)2-1-14-4-3(2)10-7(13)11-6(4)12/h1,5H,(H2,10,11,12,13). The second-order valence-corrected chi connectivity index (χ2v) is 3.48. The first kappa shape index (κ1) is 9.07. The Bertz CT molecular complexity index is 583. The molecule has 2 aromatic heterocycles. The number of halogens is 2. The summed E-state index contributed by atoms with van der Waals surface area (Å²) in [5.74, 6) is 0. The first-order valence-corrected chi connectivity index (χ1v) is 4.49. The number of aromatic nitrogens is 2. The Balaban J connectivity index is 2.92. The zero-order valence-corrected chi connectivity index (χ0v) is 7.45. The van der Waals surface area contributed by atoms with Crippen LogP contribution in [0.2, 0.25) is 0 Å². The van der Waals surface area contributed by atoms with Crippen LogP contribution in [-0.2, 0) is 0 Å². The molecule has 0 aliphatic rings.